The minimum atomic E-state index is 0.268. The summed E-state index contributed by atoms with van der Waals surface area (Å²) in [6.45, 7) is 1.12. The van der Waals surface area contributed by atoms with E-state index in [9.17, 15) is 4.79 Å². The van der Waals surface area contributed by atoms with Crippen LogP contribution < -0.4 is 0 Å². The van der Waals surface area contributed by atoms with E-state index >= 15 is 0 Å². The number of aliphatic hydroxyl groups excluding tert-OH is 1. The van der Waals surface area contributed by atoms with Gasteiger partial charge in [0, 0.05) is 26.1 Å². The van der Waals surface area contributed by atoms with E-state index in [-0.39, 0.29) is 6.61 Å². The predicted octanol–water partition coefficient (Wildman–Crippen LogP) is 2.04. The first kappa shape index (κ1) is 12.9. The Kier molecular flexibility index (Phi) is 4.43. The molecule has 98 valence electrons. The number of nitrogens with zero attached hydrogens (tertiary/aromatic N) is 1. The summed E-state index contributed by atoms with van der Waals surface area (Å²) in [6.07, 6.45) is 7.97. The SMILES string of the molecule is CN(CCCCCO)C(=O)C1CC2CCC1C2. The van der Waals surface area contributed by atoms with Gasteiger partial charge >= 0.3 is 0 Å². The molecular formula is C14H25NO2. The minimum Gasteiger partial charge on any atom is -0.396 e. The summed E-state index contributed by atoms with van der Waals surface area (Å²) in [6, 6.07) is 0. The molecule has 0 spiro atoms. The lowest BCUT2D eigenvalue weighted by Gasteiger charge is -2.26. The molecule has 0 heterocycles. The molecule has 2 aliphatic carbocycles. The van der Waals surface area contributed by atoms with Crippen molar-refractivity contribution < 1.29 is 9.90 Å². The summed E-state index contributed by atoms with van der Waals surface area (Å²) in [5.74, 6) is 2.24. The number of hydrogen-bond acceptors (Lipinski definition) is 2. The molecule has 17 heavy (non-hydrogen) atoms. The Labute approximate surface area is 104 Å². The highest BCUT2D eigenvalue weighted by Crippen LogP contribution is 2.48. The number of aliphatic hydroxyl groups is 1. The molecule has 2 rings (SSSR count). The van der Waals surface area contributed by atoms with E-state index in [2.05, 4.69) is 0 Å². The van der Waals surface area contributed by atoms with Gasteiger partial charge in [-0.2, -0.15) is 0 Å². The Morgan fingerprint density at radius 2 is 2.06 bits per heavy atom. The molecular weight excluding hydrogens is 214 g/mol. The van der Waals surface area contributed by atoms with Crippen LogP contribution in [0.5, 0.6) is 0 Å². The fourth-order valence-corrected chi connectivity index (χ4v) is 3.58. The van der Waals surface area contributed by atoms with Crippen LogP contribution in [0.2, 0.25) is 0 Å². The third-order valence-corrected chi connectivity index (χ3v) is 4.58. The van der Waals surface area contributed by atoms with Gasteiger partial charge in [0.15, 0.2) is 0 Å². The second-order valence-electron chi connectivity index (χ2n) is 5.83. The van der Waals surface area contributed by atoms with Gasteiger partial charge in [-0.05, 0) is 50.4 Å². The third-order valence-electron chi connectivity index (χ3n) is 4.58. The lowest BCUT2D eigenvalue weighted by atomic mass is 9.88. The summed E-state index contributed by atoms with van der Waals surface area (Å²) in [7, 11) is 1.94. The second-order valence-corrected chi connectivity index (χ2v) is 5.83. The van der Waals surface area contributed by atoms with Gasteiger partial charge in [0.25, 0.3) is 0 Å². The van der Waals surface area contributed by atoms with Gasteiger partial charge in [0.2, 0.25) is 5.91 Å². The van der Waals surface area contributed by atoms with Crippen molar-refractivity contribution in [2.24, 2.45) is 17.8 Å². The number of carbonyl (C=O) groups excluding carboxylic acids is 1. The number of amides is 1. The largest absolute Gasteiger partial charge is 0.396 e. The topological polar surface area (TPSA) is 40.5 Å². The monoisotopic (exact) mass is 239 g/mol. The Balaban J connectivity index is 1.72. The summed E-state index contributed by atoms with van der Waals surface area (Å²) in [5.41, 5.74) is 0. The first-order valence-electron chi connectivity index (χ1n) is 7.08. The van der Waals surface area contributed by atoms with E-state index in [0.29, 0.717) is 17.7 Å². The molecule has 0 aromatic carbocycles. The van der Waals surface area contributed by atoms with Crippen molar-refractivity contribution in [2.75, 3.05) is 20.2 Å². The van der Waals surface area contributed by atoms with Gasteiger partial charge in [-0.25, -0.2) is 0 Å². The normalized spacial score (nSPS) is 30.8. The van der Waals surface area contributed by atoms with Crippen molar-refractivity contribution in [3.05, 3.63) is 0 Å². The zero-order valence-electron chi connectivity index (χ0n) is 10.9. The first-order chi connectivity index (χ1) is 8.22. The van der Waals surface area contributed by atoms with Crippen LogP contribution in [0, 0.1) is 17.8 Å². The highest BCUT2D eigenvalue weighted by atomic mass is 16.2. The van der Waals surface area contributed by atoms with E-state index in [1.165, 1.54) is 19.3 Å². The van der Waals surface area contributed by atoms with Crippen molar-refractivity contribution >= 4 is 5.91 Å². The summed E-state index contributed by atoms with van der Waals surface area (Å²) in [4.78, 5) is 14.2. The van der Waals surface area contributed by atoms with Crippen LogP contribution in [0.25, 0.3) is 0 Å². The van der Waals surface area contributed by atoms with E-state index in [4.69, 9.17) is 5.11 Å². The number of hydrogen-bond donors (Lipinski definition) is 1. The van der Waals surface area contributed by atoms with Crippen LogP contribution in [0.15, 0.2) is 0 Å². The molecule has 2 aliphatic rings. The third kappa shape index (κ3) is 3.01. The summed E-state index contributed by atoms with van der Waals surface area (Å²) < 4.78 is 0. The fourth-order valence-electron chi connectivity index (χ4n) is 3.58. The van der Waals surface area contributed by atoms with Crippen LogP contribution in [-0.4, -0.2) is 36.1 Å². The Morgan fingerprint density at radius 1 is 1.24 bits per heavy atom. The predicted molar refractivity (Wildman–Crippen MR) is 67.5 cm³/mol. The minimum absolute atomic E-state index is 0.268. The standard InChI is InChI=1S/C14H25NO2/c1-15(7-3-2-4-8-16)14(17)13-10-11-5-6-12(13)9-11/h11-13,16H,2-10H2,1H3. The summed E-state index contributed by atoms with van der Waals surface area (Å²) in [5, 5.41) is 8.70. The molecule has 2 fully saturated rings. The lowest BCUT2D eigenvalue weighted by Crippen LogP contribution is -2.36. The number of fused-ring (bicyclic) bond motifs is 2. The zero-order valence-corrected chi connectivity index (χ0v) is 10.9. The molecule has 0 aromatic heterocycles. The van der Waals surface area contributed by atoms with Crippen LogP contribution >= 0.6 is 0 Å². The average molecular weight is 239 g/mol. The molecule has 3 atom stereocenters. The van der Waals surface area contributed by atoms with Gasteiger partial charge in [-0.3, -0.25) is 4.79 Å². The smallest absolute Gasteiger partial charge is 0.225 e. The van der Waals surface area contributed by atoms with Crippen molar-refractivity contribution in [1.82, 2.24) is 4.90 Å². The Bertz CT molecular complexity index is 267. The van der Waals surface area contributed by atoms with Crippen LogP contribution in [-0.2, 0) is 4.79 Å². The number of carbonyl (C=O) groups is 1. The maximum atomic E-state index is 12.3. The fraction of sp³-hybridized carbons (Fsp3) is 0.929. The quantitative estimate of drug-likeness (QED) is 0.721. The molecule has 3 nitrogen and oxygen atoms in total. The van der Waals surface area contributed by atoms with Gasteiger partial charge in [-0.15, -0.1) is 0 Å². The Hall–Kier alpha value is -0.570. The van der Waals surface area contributed by atoms with Crippen LogP contribution in [0.1, 0.15) is 44.9 Å². The molecule has 3 heteroatoms. The maximum Gasteiger partial charge on any atom is 0.225 e. The molecule has 0 aromatic rings. The van der Waals surface area contributed by atoms with Gasteiger partial charge in [-0.1, -0.05) is 6.42 Å². The van der Waals surface area contributed by atoms with Crippen LogP contribution in [0.3, 0.4) is 0 Å². The molecule has 1 N–H and O–H groups in total. The van der Waals surface area contributed by atoms with Crippen molar-refractivity contribution in [3.8, 4) is 0 Å². The lowest BCUT2D eigenvalue weighted by molar-refractivity contribution is -0.135. The number of rotatable bonds is 6. The van der Waals surface area contributed by atoms with Gasteiger partial charge in [0.05, 0.1) is 0 Å². The molecule has 1 amide bonds. The van der Waals surface area contributed by atoms with Gasteiger partial charge in [0.1, 0.15) is 0 Å². The first-order valence-corrected chi connectivity index (χ1v) is 7.08. The van der Waals surface area contributed by atoms with Crippen molar-refractivity contribution in [2.45, 2.75) is 44.9 Å². The zero-order chi connectivity index (χ0) is 12.3. The van der Waals surface area contributed by atoms with E-state index in [1.54, 1.807) is 0 Å². The Morgan fingerprint density at radius 3 is 2.65 bits per heavy atom. The highest BCUT2D eigenvalue weighted by molar-refractivity contribution is 5.79. The van der Waals surface area contributed by atoms with E-state index in [1.807, 2.05) is 11.9 Å². The van der Waals surface area contributed by atoms with Crippen molar-refractivity contribution in [1.29, 1.82) is 0 Å². The van der Waals surface area contributed by atoms with Crippen molar-refractivity contribution in [3.63, 3.8) is 0 Å². The average Bonchev–Trinajstić information content (AvgIpc) is 2.95. The second kappa shape index (κ2) is 5.85. The van der Waals surface area contributed by atoms with E-state index in [0.717, 1.165) is 38.1 Å². The molecule has 0 saturated heterocycles. The molecule has 2 bridgehead atoms. The molecule has 0 aliphatic heterocycles. The highest BCUT2D eigenvalue weighted by Gasteiger charge is 2.43. The molecule has 0 radical (unpaired) electrons. The maximum absolute atomic E-state index is 12.3. The molecule has 2 saturated carbocycles. The number of unbranched alkanes of at least 4 members (excludes halogenated alkanes) is 2. The van der Waals surface area contributed by atoms with E-state index < -0.39 is 0 Å². The van der Waals surface area contributed by atoms with Gasteiger partial charge < -0.3 is 10.0 Å². The summed E-state index contributed by atoms with van der Waals surface area (Å²) >= 11 is 0. The van der Waals surface area contributed by atoms with Crippen LogP contribution in [0.4, 0.5) is 0 Å². The molecule has 3 unspecified atom stereocenters.